The van der Waals surface area contributed by atoms with Gasteiger partial charge < -0.3 is 62.5 Å². The summed E-state index contributed by atoms with van der Waals surface area (Å²) in [6.45, 7) is 1.38. The monoisotopic (exact) mass is 465 g/mol. The number of rotatable bonds is 6. The van der Waals surface area contributed by atoms with Crippen LogP contribution >= 0.6 is 0 Å². The SMILES string of the molecule is CN[C@@H]1[C@@H](O)[C@@H](O[C@H]2[C@H](N)C[C@H](N)[C@@H](O[C@H]3OC(CN)=CC[C@H]3N)[C@@]2(O)F)OC[C@]1(C)O. The number of halogens is 1. The number of alkyl halides is 1. The zero-order valence-electron chi connectivity index (χ0n) is 18.3. The molecule has 0 aromatic carbocycles. The summed E-state index contributed by atoms with van der Waals surface area (Å²) < 4.78 is 38.1. The standard InChI is InChI=1S/C19H36FN5O7/c1-18(27)7-29-17(12(26)13(18)25-2)32-15-11(24)5-10(23)14(19(15,20)28)31-16-9(22)4-3-8(6-21)30-16/h3,9-17,25-28H,4-7,21-24H2,1-2H3/t9-,10+,11-,12-,13-,14-,15+,16-,17-,18+,19+/m1/s1. The fourth-order valence-electron chi connectivity index (χ4n) is 4.49. The molecule has 1 saturated heterocycles. The van der Waals surface area contributed by atoms with Crippen molar-refractivity contribution in [3.05, 3.63) is 11.8 Å². The molecule has 1 saturated carbocycles. The number of nitrogens with two attached hydrogens (primary N) is 4. The van der Waals surface area contributed by atoms with Crippen LogP contribution in [0.25, 0.3) is 0 Å². The molecule has 0 amide bonds. The zero-order valence-corrected chi connectivity index (χ0v) is 18.3. The third kappa shape index (κ3) is 4.93. The first-order valence-electron chi connectivity index (χ1n) is 10.7. The molecule has 3 rings (SSSR count). The molecule has 0 aromatic heterocycles. The first-order chi connectivity index (χ1) is 14.9. The molecule has 13 heteroatoms. The predicted octanol–water partition coefficient (Wildman–Crippen LogP) is -3.55. The second kappa shape index (κ2) is 9.72. The molecule has 0 aromatic rings. The van der Waals surface area contributed by atoms with Crippen LogP contribution in [0.2, 0.25) is 0 Å². The summed E-state index contributed by atoms with van der Waals surface area (Å²) in [5.41, 5.74) is 22.3. The lowest BCUT2D eigenvalue weighted by Gasteiger charge is -2.50. The number of aliphatic hydroxyl groups excluding tert-OH is 1. The van der Waals surface area contributed by atoms with Gasteiger partial charge in [-0.25, -0.2) is 4.39 Å². The lowest BCUT2D eigenvalue weighted by molar-refractivity contribution is -0.349. The van der Waals surface area contributed by atoms with Gasteiger partial charge in [0.1, 0.15) is 29.7 Å². The number of ether oxygens (including phenoxy) is 4. The van der Waals surface area contributed by atoms with Crippen molar-refractivity contribution in [2.45, 2.75) is 86.3 Å². The smallest absolute Gasteiger partial charge is 0.262 e. The number of hydrogen-bond acceptors (Lipinski definition) is 12. The summed E-state index contributed by atoms with van der Waals surface area (Å²) in [6, 6.07) is -3.50. The van der Waals surface area contributed by atoms with Gasteiger partial charge in [0.05, 0.1) is 25.2 Å². The molecular weight excluding hydrogens is 429 g/mol. The average Bonchev–Trinajstić information content (AvgIpc) is 2.71. The van der Waals surface area contributed by atoms with E-state index in [4.69, 9.17) is 41.9 Å². The van der Waals surface area contributed by atoms with E-state index in [1.165, 1.54) is 6.92 Å². The van der Waals surface area contributed by atoms with Crippen LogP contribution in [0.1, 0.15) is 19.8 Å². The minimum atomic E-state index is -3.16. The van der Waals surface area contributed by atoms with Gasteiger partial charge in [0, 0.05) is 12.1 Å². The Morgan fingerprint density at radius 1 is 1.16 bits per heavy atom. The van der Waals surface area contributed by atoms with Crippen molar-refractivity contribution >= 4 is 0 Å². The van der Waals surface area contributed by atoms with E-state index in [2.05, 4.69) is 5.32 Å². The van der Waals surface area contributed by atoms with Crippen molar-refractivity contribution in [3.8, 4) is 0 Å². The molecule has 32 heavy (non-hydrogen) atoms. The molecule has 2 aliphatic heterocycles. The van der Waals surface area contributed by atoms with Gasteiger partial charge in [0.2, 0.25) is 6.29 Å². The first-order valence-corrected chi connectivity index (χ1v) is 10.7. The summed E-state index contributed by atoms with van der Waals surface area (Å²) in [7, 11) is 1.54. The van der Waals surface area contributed by atoms with Crippen molar-refractivity contribution in [3.63, 3.8) is 0 Å². The molecule has 186 valence electrons. The van der Waals surface area contributed by atoms with E-state index in [0.29, 0.717) is 12.2 Å². The first kappa shape index (κ1) is 25.6. The summed E-state index contributed by atoms with van der Waals surface area (Å²) in [4.78, 5) is 0. The fraction of sp³-hybridized carbons (Fsp3) is 0.895. The number of likely N-dealkylation sites (N-methyl/N-ethyl adjacent to an activating group) is 1. The Labute approximate surface area is 186 Å². The molecule has 2 heterocycles. The van der Waals surface area contributed by atoms with Gasteiger partial charge in [0.15, 0.2) is 6.29 Å². The molecule has 12 nitrogen and oxygen atoms in total. The molecular formula is C19H36FN5O7. The van der Waals surface area contributed by atoms with Gasteiger partial charge in [0.25, 0.3) is 5.85 Å². The van der Waals surface area contributed by atoms with Gasteiger partial charge in [-0.05, 0) is 32.9 Å². The molecule has 0 spiro atoms. The lowest BCUT2D eigenvalue weighted by Crippen LogP contribution is -2.72. The number of aliphatic hydroxyl groups is 3. The maximum atomic E-state index is 15.8. The van der Waals surface area contributed by atoms with Crippen LogP contribution in [-0.2, 0) is 18.9 Å². The van der Waals surface area contributed by atoms with Crippen molar-refractivity contribution in [1.82, 2.24) is 5.32 Å². The summed E-state index contributed by atoms with van der Waals surface area (Å²) >= 11 is 0. The van der Waals surface area contributed by atoms with Crippen LogP contribution < -0.4 is 28.3 Å². The van der Waals surface area contributed by atoms with E-state index in [1.807, 2.05) is 0 Å². The van der Waals surface area contributed by atoms with Gasteiger partial charge >= 0.3 is 0 Å². The average molecular weight is 466 g/mol. The molecule has 0 unspecified atom stereocenters. The highest BCUT2D eigenvalue weighted by Gasteiger charge is 2.59. The second-order valence-corrected chi connectivity index (χ2v) is 8.96. The topological polar surface area (TPSA) is 214 Å². The van der Waals surface area contributed by atoms with Crippen LogP contribution in [0.3, 0.4) is 0 Å². The molecule has 11 atom stereocenters. The highest BCUT2D eigenvalue weighted by atomic mass is 19.2. The Hall–Kier alpha value is -0.970. The Morgan fingerprint density at radius 2 is 1.75 bits per heavy atom. The quantitative estimate of drug-likeness (QED) is 0.191. The van der Waals surface area contributed by atoms with E-state index in [0.717, 1.165) is 0 Å². The third-order valence-electron chi connectivity index (χ3n) is 6.26. The fourth-order valence-corrected chi connectivity index (χ4v) is 4.49. The maximum absolute atomic E-state index is 15.8. The molecule has 0 radical (unpaired) electrons. The molecule has 0 bridgehead atoms. The predicted molar refractivity (Wildman–Crippen MR) is 110 cm³/mol. The molecule has 12 N–H and O–H groups in total. The van der Waals surface area contributed by atoms with Gasteiger partial charge in [-0.3, -0.25) is 0 Å². The van der Waals surface area contributed by atoms with Crippen LogP contribution in [0, 0.1) is 0 Å². The number of nitrogens with one attached hydrogen (secondary N) is 1. The van der Waals surface area contributed by atoms with E-state index in [9.17, 15) is 15.3 Å². The maximum Gasteiger partial charge on any atom is 0.262 e. The molecule has 1 aliphatic carbocycles. The van der Waals surface area contributed by atoms with E-state index < -0.39 is 66.5 Å². The zero-order chi connectivity index (χ0) is 23.8. The Bertz CT molecular complexity index is 684. The van der Waals surface area contributed by atoms with Crippen LogP contribution in [0.4, 0.5) is 4.39 Å². The summed E-state index contributed by atoms with van der Waals surface area (Å²) in [6.07, 6.45) is -4.96. The highest BCUT2D eigenvalue weighted by molar-refractivity contribution is 5.07. The van der Waals surface area contributed by atoms with Crippen molar-refractivity contribution in [2.24, 2.45) is 22.9 Å². The third-order valence-corrected chi connectivity index (χ3v) is 6.26. The van der Waals surface area contributed by atoms with Crippen molar-refractivity contribution in [2.75, 3.05) is 20.2 Å². The van der Waals surface area contributed by atoms with Gasteiger partial charge in [-0.1, -0.05) is 0 Å². The molecule has 3 aliphatic rings. The van der Waals surface area contributed by atoms with Crippen molar-refractivity contribution in [1.29, 1.82) is 0 Å². The Kier molecular flexibility index (Phi) is 7.79. The normalized spacial score (nSPS) is 49.9. The summed E-state index contributed by atoms with van der Waals surface area (Å²) in [5, 5.41) is 34.6. The highest BCUT2D eigenvalue weighted by Crippen LogP contribution is 2.37. The van der Waals surface area contributed by atoms with Crippen molar-refractivity contribution < 1.29 is 38.7 Å². The van der Waals surface area contributed by atoms with E-state index in [1.54, 1.807) is 13.1 Å². The minimum absolute atomic E-state index is 0.0408. The second-order valence-electron chi connectivity index (χ2n) is 8.96. The van der Waals surface area contributed by atoms with Crippen LogP contribution in [0.15, 0.2) is 11.8 Å². The van der Waals surface area contributed by atoms with Crippen LogP contribution in [0.5, 0.6) is 0 Å². The Morgan fingerprint density at radius 3 is 2.31 bits per heavy atom. The van der Waals surface area contributed by atoms with Crippen LogP contribution in [-0.4, -0.2) is 102 Å². The minimum Gasteiger partial charge on any atom is -0.467 e. The largest absolute Gasteiger partial charge is 0.467 e. The van der Waals surface area contributed by atoms with E-state index in [-0.39, 0.29) is 19.6 Å². The Balaban J connectivity index is 1.76. The summed E-state index contributed by atoms with van der Waals surface area (Å²) in [5.74, 6) is -2.74. The molecule has 2 fully saturated rings. The van der Waals surface area contributed by atoms with E-state index >= 15 is 4.39 Å². The van der Waals surface area contributed by atoms with Gasteiger partial charge in [-0.2, -0.15) is 0 Å². The van der Waals surface area contributed by atoms with Gasteiger partial charge in [-0.15, -0.1) is 0 Å². The lowest BCUT2D eigenvalue weighted by atomic mass is 9.82. The number of hydrogen-bond donors (Lipinski definition) is 8.